The molecule has 3 nitrogen and oxygen atoms in total. The Bertz CT molecular complexity index is 652. The first-order valence-electron chi connectivity index (χ1n) is 5.47. The minimum Gasteiger partial charge on any atom is -0.345 e. The molecule has 1 aromatic heterocycles. The van der Waals surface area contributed by atoms with Crippen LogP contribution in [0.2, 0.25) is 0 Å². The first-order chi connectivity index (χ1) is 8.88. The first kappa shape index (κ1) is 14.3. The average molecular weight is 390 g/mol. The van der Waals surface area contributed by atoms with Gasteiger partial charge in [0.05, 0.1) is 4.47 Å². The maximum atomic E-state index is 13.5. The highest BCUT2D eigenvalue weighted by molar-refractivity contribution is 9.10. The molecular weight excluding hydrogens is 379 g/mol. The van der Waals surface area contributed by atoms with Crippen LogP contribution in [0.1, 0.15) is 16.1 Å². The number of amides is 1. The number of carbonyl (C=O) groups is 1. The number of aromatic nitrogens is 1. The van der Waals surface area contributed by atoms with Crippen LogP contribution in [0.15, 0.2) is 33.3 Å². The van der Waals surface area contributed by atoms with E-state index in [1.165, 1.54) is 6.07 Å². The van der Waals surface area contributed by atoms with E-state index in [0.29, 0.717) is 15.9 Å². The zero-order valence-corrected chi connectivity index (χ0v) is 13.5. The van der Waals surface area contributed by atoms with Crippen LogP contribution in [-0.4, -0.2) is 10.5 Å². The summed E-state index contributed by atoms with van der Waals surface area (Å²) in [6, 6.07) is 4.64. The highest BCUT2D eigenvalue weighted by atomic mass is 79.9. The Labute approximate surface area is 127 Å². The molecule has 2 rings (SSSR count). The second kappa shape index (κ2) is 5.46. The zero-order chi connectivity index (χ0) is 14.2. The van der Waals surface area contributed by atoms with Gasteiger partial charge in [-0.1, -0.05) is 0 Å². The van der Waals surface area contributed by atoms with E-state index in [-0.39, 0.29) is 5.91 Å². The van der Waals surface area contributed by atoms with Gasteiger partial charge in [-0.15, -0.1) is 0 Å². The highest BCUT2D eigenvalue weighted by Crippen LogP contribution is 2.24. The summed E-state index contributed by atoms with van der Waals surface area (Å²) in [6.45, 7) is 1.81. The van der Waals surface area contributed by atoms with Crippen LogP contribution < -0.4 is 5.32 Å². The van der Waals surface area contributed by atoms with E-state index >= 15 is 0 Å². The summed E-state index contributed by atoms with van der Waals surface area (Å²) in [5, 5.41) is 2.71. The normalized spacial score (nSPS) is 10.6. The van der Waals surface area contributed by atoms with Crippen molar-refractivity contribution < 1.29 is 9.18 Å². The van der Waals surface area contributed by atoms with E-state index in [2.05, 4.69) is 37.2 Å². The van der Waals surface area contributed by atoms with E-state index in [4.69, 9.17) is 0 Å². The molecule has 0 bridgehead atoms. The molecule has 2 aromatic rings. The number of hydrogen-bond acceptors (Lipinski definition) is 1. The van der Waals surface area contributed by atoms with Crippen molar-refractivity contribution in [3.05, 3.63) is 50.4 Å². The molecule has 0 aliphatic carbocycles. The summed E-state index contributed by atoms with van der Waals surface area (Å²) in [6.07, 6.45) is 1.78. The Morgan fingerprint density at radius 2 is 2.00 bits per heavy atom. The van der Waals surface area contributed by atoms with Crippen molar-refractivity contribution in [1.29, 1.82) is 0 Å². The van der Waals surface area contributed by atoms with Crippen LogP contribution in [0.25, 0.3) is 0 Å². The fourth-order valence-electron chi connectivity index (χ4n) is 1.72. The van der Waals surface area contributed by atoms with E-state index in [9.17, 15) is 9.18 Å². The number of rotatable bonds is 2. The lowest BCUT2D eigenvalue weighted by Crippen LogP contribution is -2.16. The summed E-state index contributed by atoms with van der Waals surface area (Å²) < 4.78 is 16.4. The fourth-order valence-corrected chi connectivity index (χ4v) is 2.70. The Kier molecular flexibility index (Phi) is 4.10. The second-order valence-corrected chi connectivity index (χ2v) is 5.96. The summed E-state index contributed by atoms with van der Waals surface area (Å²) >= 11 is 6.41. The van der Waals surface area contributed by atoms with Crippen molar-refractivity contribution in [3.8, 4) is 0 Å². The monoisotopic (exact) mass is 388 g/mol. The summed E-state index contributed by atoms with van der Waals surface area (Å²) in [7, 11) is 1.77. The zero-order valence-electron chi connectivity index (χ0n) is 10.3. The van der Waals surface area contributed by atoms with Gasteiger partial charge < -0.3 is 9.88 Å². The Balaban J connectivity index is 2.29. The molecule has 0 spiro atoms. The van der Waals surface area contributed by atoms with Gasteiger partial charge in [0.25, 0.3) is 5.91 Å². The number of nitrogens with zero attached hydrogens (tertiary/aromatic N) is 1. The molecule has 1 amide bonds. The number of carbonyl (C=O) groups excluding carboxylic acids is 1. The number of aryl methyl sites for hydroxylation is 2. The second-order valence-electron chi connectivity index (χ2n) is 4.19. The number of nitrogens with one attached hydrogen (secondary N) is 1. The van der Waals surface area contributed by atoms with Crippen LogP contribution in [0.3, 0.4) is 0 Å². The average Bonchev–Trinajstić information content (AvgIpc) is 2.65. The van der Waals surface area contributed by atoms with E-state index in [1.54, 1.807) is 36.9 Å². The van der Waals surface area contributed by atoms with Crippen molar-refractivity contribution >= 4 is 43.5 Å². The molecule has 0 unspecified atom stereocenters. The molecule has 0 fully saturated rings. The largest absolute Gasteiger partial charge is 0.345 e. The molecule has 0 radical (unpaired) electrons. The number of anilines is 1. The molecule has 0 aliphatic rings. The maximum Gasteiger partial charge on any atom is 0.272 e. The first-order valence-corrected chi connectivity index (χ1v) is 7.06. The van der Waals surface area contributed by atoms with Gasteiger partial charge in [0.2, 0.25) is 0 Å². The van der Waals surface area contributed by atoms with Crippen LogP contribution in [0.4, 0.5) is 10.1 Å². The van der Waals surface area contributed by atoms with Gasteiger partial charge in [-0.2, -0.15) is 0 Å². The molecule has 19 heavy (non-hydrogen) atoms. The third-order valence-electron chi connectivity index (χ3n) is 2.72. The molecule has 1 aromatic carbocycles. The van der Waals surface area contributed by atoms with E-state index in [1.807, 2.05) is 0 Å². The molecule has 1 N–H and O–H groups in total. The number of benzene rings is 1. The van der Waals surface area contributed by atoms with Crippen molar-refractivity contribution in [3.63, 3.8) is 0 Å². The molecule has 0 saturated carbocycles. The molecule has 0 saturated heterocycles. The van der Waals surface area contributed by atoms with Crippen molar-refractivity contribution in [2.24, 2.45) is 7.05 Å². The van der Waals surface area contributed by atoms with Gasteiger partial charge in [-0.25, -0.2) is 4.39 Å². The van der Waals surface area contributed by atoms with Crippen LogP contribution in [0, 0.1) is 12.7 Å². The summed E-state index contributed by atoms with van der Waals surface area (Å²) in [5.41, 5.74) is 1.74. The van der Waals surface area contributed by atoms with E-state index in [0.717, 1.165) is 10.0 Å². The standard InChI is InChI=1S/C13H11Br2FN2O/c1-7-3-9(15)10(16)5-11(7)17-13(19)12-4-8(14)6-18(12)2/h3-6H,1-2H3,(H,17,19). The molecule has 0 aliphatic heterocycles. The predicted octanol–water partition coefficient (Wildman–Crippen LogP) is 4.25. The van der Waals surface area contributed by atoms with Crippen LogP contribution >= 0.6 is 31.9 Å². The SMILES string of the molecule is Cc1cc(Br)c(F)cc1NC(=O)c1cc(Br)cn1C. The smallest absolute Gasteiger partial charge is 0.272 e. The highest BCUT2D eigenvalue weighted by Gasteiger charge is 2.13. The molecule has 100 valence electrons. The number of halogens is 3. The third kappa shape index (κ3) is 3.06. The molecule has 1 heterocycles. The third-order valence-corrected chi connectivity index (χ3v) is 3.76. The van der Waals surface area contributed by atoms with Gasteiger partial charge in [0.1, 0.15) is 11.5 Å². The Morgan fingerprint density at radius 3 is 2.58 bits per heavy atom. The minimum atomic E-state index is -0.408. The van der Waals surface area contributed by atoms with Gasteiger partial charge in [-0.3, -0.25) is 4.79 Å². The molecular formula is C13H11Br2FN2O. The topological polar surface area (TPSA) is 34.0 Å². The Hall–Kier alpha value is -1.14. The molecule has 6 heteroatoms. The number of hydrogen-bond donors (Lipinski definition) is 1. The molecule has 0 atom stereocenters. The lowest BCUT2D eigenvalue weighted by atomic mass is 10.2. The maximum absolute atomic E-state index is 13.5. The van der Waals surface area contributed by atoms with Gasteiger partial charge in [-0.05, 0) is 62.5 Å². The lowest BCUT2D eigenvalue weighted by molar-refractivity contribution is 0.101. The van der Waals surface area contributed by atoms with Crippen molar-refractivity contribution in [2.75, 3.05) is 5.32 Å². The van der Waals surface area contributed by atoms with Gasteiger partial charge in [0.15, 0.2) is 0 Å². The summed E-state index contributed by atoms with van der Waals surface area (Å²) in [5.74, 6) is -0.688. The van der Waals surface area contributed by atoms with Gasteiger partial charge >= 0.3 is 0 Å². The fraction of sp³-hybridized carbons (Fsp3) is 0.154. The van der Waals surface area contributed by atoms with Crippen LogP contribution in [0.5, 0.6) is 0 Å². The van der Waals surface area contributed by atoms with Gasteiger partial charge in [0, 0.05) is 23.4 Å². The predicted molar refractivity (Wildman–Crippen MR) is 79.9 cm³/mol. The quantitative estimate of drug-likeness (QED) is 0.818. The van der Waals surface area contributed by atoms with E-state index < -0.39 is 5.82 Å². The van der Waals surface area contributed by atoms with Crippen molar-refractivity contribution in [2.45, 2.75) is 6.92 Å². The van der Waals surface area contributed by atoms with Crippen molar-refractivity contribution in [1.82, 2.24) is 4.57 Å². The minimum absolute atomic E-state index is 0.280. The van der Waals surface area contributed by atoms with Crippen LogP contribution in [-0.2, 0) is 7.05 Å². The summed E-state index contributed by atoms with van der Waals surface area (Å²) in [4.78, 5) is 12.1. The Morgan fingerprint density at radius 1 is 1.32 bits per heavy atom. The lowest BCUT2D eigenvalue weighted by Gasteiger charge is -2.10.